The van der Waals surface area contributed by atoms with Gasteiger partial charge in [0.25, 0.3) is 0 Å². The lowest BCUT2D eigenvalue weighted by molar-refractivity contribution is -0.423. The van der Waals surface area contributed by atoms with E-state index < -0.39 is 12.1 Å². The summed E-state index contributed by atoms with van der Waals surface area (Å²) in [4.78, 5) is 23.3. The standard InChI is InChI=1S/C16H24O5/c1-9-4-5-12-10(2)13(17)19-14-16(12)8-18-21-15(3,20-14)7-6-11(9)16/h9-12,14H,4-8H2,1-3H3/t9-,10-,11+,12+,14-,15-,16?/m1/s1. The average molecular weight is 296 g/mol. The smallest absolute Gasteiger partial charge is 0.311 e. The molecule has 0 amide bonds. The zero-order valence-corrected chi connectivity index (χ0v) is 13.0. The Morgan fingerprint density at radius 3 is 2.76 bits per heavy atom. The Balaban J connectivity index is 1.85. The first kappa shape index (κ1) is 14.0. The van der Waals surface area contributed by atoms with Crippen molar-refractivity contribution in [2.45, 2.75) is 58.5 Å². The van der Waals surface area contributed by atoms with Crippen LogP contribution in [-0.2, 0) is 24.0 Å². The lowest BCUT2D eigenvalue weighted by Crippen LogP contribution is -2.62. The monoisotopic (exact) mass is 296 g/mol. The van der Waals surface area contributed by atoms with Gasteiger partial charge in [-0.3, -0.25) is 4.79 Å². The van der Waals surface area contributed by atoms with E-state index in [2.05, 4.69) is 6.92 Å². The van der Waals surface area contributed by atoms with E-state index >= 15 is 0 Å². The van der Waals surface area contributed by atoms with E-state index in [1.165, 1.54) is 6.42 Å². The van der Waals surface area contributed by atoms with Crippen molar-refractivity contribution in [3.8, 4) is 0 Å². The third-order valence-electron chi connectivity index (χ3n) is 6.45. The molecule has 3 heterocycles. The van der Waals surface area contributed by atoms with Gasteiger partial charge in [0, 0.05) is 6.42 Å². The predicted molar refractivity (Wildman–Crippen MR) is 72.6 cm³/mol. The molecule has 4 fully saturated rings. The van der Waals surface area contributed by atoms with Crippen LogP contribution in [0.2, 0.25) is 0 Å². The van der Waals surface area contributed by atoms with Crippen LogP contribution in [0.3, 0.4) is 0 Å². The maximum absolute atomic E-state index is 12.2. The van der Waals surface area contributed by atoms with Gasteiger partial charge in [-0.2, -0.15) is 0 Å². The van der Waals surface area contributed by atoms with Gasteiger partial charge < -0.3 is 9.47 Å². The van der Waals surface area contributed by atoms with Crippen molar-refractivity contribution in [1.29, 1.82) is 0 Å². The second-order valence-corrected chi connectivity index (χ2v) is 7.57. The first-order valence-corrected chi connectivity index (χ1v) is 8.15. The van der Waals surface area contributed by atoms with Crippen LogP contribution >= 0.6 is 0 Å². The largest absolute Gasteiger partial charge is 0.435 e. The molecule has 7 atom stereocenters. The minimum absolute atomic E-state index is 0.0918. The van der Waals surface area contributed by atoms with E-state index in [1.807, 2.05) is 13.8 Å². The van der Waals surface area contributed by atoms with Crippen LogP contribution in [0.15, 0.2) is 0 Å². The highest BCUT2D eigenvalue weighted by atomic mass is 17.2. The Bertz CT molecular complexity index is 466. The fourth-order valence-corrected chi connectivity index (χ4v) is 5.26. The van der Waals surface area contributed by atoms with Crippen molar-refractivity contribution < 1.29 is 24.0 Å². The van der Waals surface area contributed by atoms with Crippen molar-refractivity contribution in [1.82, 2.24) is 0 Å². The average Bonchev–Trinajstić information content (AvgIpc) is 2.63. The summed E-state index contributed by atoms with van der Waals surface area (Å²) in [5, 5.41) is 0. The molecule has 0 radical (unpaired) electrons. The zero-order chi connectivity index (χ0) is 14.8. The van der Waals surface area contributed by atoms with Crippen molar-refractivity contribution in [2.24, 2.45) is 29.1 Å². The number of hydrogen-bond acceptors (Lipinski definition) is 5. The number of fused-ring (bicyclic) bond motifs is 1. The van der Waals surface area contributed by atoms with E-state index in [1.54, 1.807) is 0 Å². The Morgan fingerprint density at radius 1 is 1.14 bits per heavy atom. The second-order valence-electron chi connectivity index (χ2n) is 7.57. The maximum Gasteiger partial charge on any atom is 0.311 e. The fraction of sp³-hybridized carbons (Fsp3) is 0.938. The lowest BCUT2D eigenvalue weighted by Gasteiger charge is -2.56. The van der Waals surface area contributed by atoms with Gasteiger partial charge in [0.1, 0.15) is 0 Å². The Morgan fingerprint density at radius 2 is 1.95 bits per heavy atom. The normalized spacial score (nSPS) is 56.1. The molecule has 5 nitrogen and oxygen atoms in total. The number of rotatable bonds is 0. The van der Waals surface area contributed by atoms with E-state index in [-0.39, 0.29) is 23.2 Å². The minimum Gasteiger partial charge on any atom is -0.435 e. The van der Waals surface area contributed by atoms with Gasteiger partial charge in [0.15, 0.2) is 0 Å². The van der Waals surface area contributed by atoms with E-state index in [0.717, 1.165) is 19.3 Å². The van der Waals surface area contributed by atoms with Gasteiger partial charge in [-0.1, -0.05) is 20.3 Å². The molecule has 1 unspecified atom stereocenters. The molecule has 3 saturated heterocycles. The van der Waals surface area contributed by atoms with Crippen LogP contribution in [-0.4, -0.2) is 24.7 Å². The Hall–Kier alpha value is -0.650. The second kappa shape index (κ2) is 4.43. The summed E-state index contributed by atoms with van der Waals surface area (Å²) in [5.41, 5.74) is -0.251. The summed E-state index contributed by atoms with van der Waals surface area (Å²) in [6.07, 6.45) is 3.48. The summed E-state index contributed by atoms with van der Waals surface area (Å²) >= 11 is 0. The van der Waals surface area contributed by atoms with Gasteiger partial charge in [0.2, 0.25) is 12.1 Å². The number of esters is 1. The summed E-state index contributed by atoms with van der Waals surface area (Å²) in [7, 11) is 0. The molecule has 1 saturated carbocycles. The van der Waals surface area contributed by atoms with Crippen LogP contribution in [0.1, 0.15) is 46.5 Å². The van der Waals surface area contributed by atoms with Gasteiger partial charge in [-0.05, 0) is 37.5 Å². The highest BCUT2D eigenvalue weighted by Crippen LogP contribution is 2.61. The van der Waals surface area contributed by atoms with E-state index in [0.29, 0.717) is 18.4 Å². The molecular formula is C16H24O5. The number of ether oxygens (including phenoxy) is 2. The van der Waals surface area contributed by atoms with Crippen LogP contribution in [0.5, 0.6) is 0 Å². The quantitative estimate of drug-likeness (QED) is 0.508. The molecule has 1 aliphatic carbocycles. The molecule has 0 aromatic heterocycles. The lowest BCUT2D eigenvalue weighted by atomic mass is 9.52. The molecule has 4 rings (SSSR count). The highest BCUT2D eigenvalue weighted by molar-refractivity contribution is 5.73. The summed E-state index contributed by atoms with van der Waals surface area (Å²) in [6, 6.07) is 0. The van der Waals surface area contributed by atoms with Gasteiger partial charge in [0.05, 0.1) is 17.9 Å². The third kappa shape index (κ3) is 1.77. The minimum atomic E-state index is -0.809. The van der Waals surface area contributed by atoms with Crippen LogP contribution < -0.4 is 0 Å². The third-order valence-corrected chi connectivity index (χ3v) is 6.45. The van der Waals surface area contributed by atoms with Crippen molar-refractivity contribution in [3.63, 3.8) is 0 Å². The van der Waals surface area contributed by atoms with Crippen LogP contribution in [0.25, 0.3) is 0 Å². The topological polar surface area (TPSA) is 54.0 Å². The molecule has 21 heavy (non-hydrogen) atoms. The van der Waals surface area contributed by atoms with Crippen molar-refractivity contribution in [3.05, 3.63) is 0 Å². The molecule has 5 heteroatoms. The molecule has 0 aromatic rings. The molecule has 118 valence electrons. The predicted octanol–water partition coefficient (Wildman–Crippen LogP) is 2.64. The first-order chi connectivity index (χ1) is 9.96. The zero-order valence-electron chi connectivity index (χ0n) is 13.0. The number of carbonyl (C=O) groups excluding carboxylic acids is 1. The van der Waals surface area contributed by atoms with Gasteiger partial charge in [-0.15, -0.1) is 0 Å². The Labute approximate surface area is 125 Å². The van der Waals surface area contributed by atoms with Crippen molar-refractivity contribution in [2.75, 3.05) is 6.61 Å². The van der Waals surface area contributed by atoms with E-state index in [9.17, 15) is 4.79 Å². The highest BCUT2D eigenvalue weighted by Gasteiger charge is 2.66. The summed E-state index contributed by atoms with van der Waals surface area (Å²) < 4.78 is 11.8. The molecule has 0 N–H and O–H groups in total. The van der Waals surface area contributed by atoms with Crippen LogP contribution in [0.4, 0.5) is 0 Å². The SMILES string of the molecule is C[C@@H]1CC[C@H]2[C@@H](C)C(=O)O[C@@H]3O[C@@]4(C)CC[C@@H]1C32COO4. The van der Waals surface area contributed by atoms with Gasteiger partial charge >= 0.3 is 5.97 Å². The number of carbonyl (C=O) groups is 1. The van der Waals surface area contributed by atoms with Gasteiger partial charge in [-0.25, -0.2) is 9.78 Å². The van der Waals surface area contributed by atoms with E-state index in [4.69, 9.17) is 19.2 Å². The fourth-order valence-electron chi connectivity index (χ4n) is 5.26. The maximum atomic E-state index is 12.2. The Kier molecular flexibility index (Phi) is 2.95. The molecule has 3 aliphatic heterocycles. The molecule has 4 aliphatic rings. The molecule has 0 aromatic carbocycles. The molecular weight excluding hydrogens is 272 g/mol. The molecule has 1 spiro atoms. The molecule has 2 bridgehead atoms. The van der Waals surface area contributed by atoms with Crippen molar-refractivity contribution >= 4 is 5.97 Å². The summed E-state index contributed by atoms with van der Waals surface area (Å²) in [6.45, 7) is 6.65. The number of hydrogen-bond donors (Lipinski definition) is 0. The summed E-state index contributed by atoms with van der Waals surface area (Å²) in [5.74, 6) is 0.277. The first-order valence-electron chi connectivity index (χ1n) is 8.15. The van der Waals surface area contributed by atoms with Crippen LogP contribution in [0, 0.1) is 29.1 Å².